The fraction of sp³-hybridized carbons (Fsp3) is 0. The average Bonchev–Trinajstić information content (AvgIpc) is 2.74. The van der Waals surface area contributed by atoms with E-state index in [1.807, 2.05) is 36.4 Å². The summed E-state index contributed by atoms with van der Waals surface area (Å²) in [4.78, 5) is 0. The Morgan fingerprint density at radius 1 is 0.481 bits per heavy atom. The van der Waals surface area contributed by atoms with E-state index in [1.54, 1.807) is 0 Å². The Hall–Kier alpha value is -3.46. The normalized spacial score (nSPS) is 13.0. The molecule has 0 fully saturated rings. The van der Waals surface area contributed by atoms with Crippen LogP contribution in [-0.2, 0) is 0 Å². The number of fused-ring (bicyclic) bond motifs is 4. The van der Waals surface area contributed by atoms with Gasteiger partial charge in [0.2, 0.25) is 0 Å². The highest BCUT2D eigenvalue weighted by Crippen LogP contribution is 2.35. The lowest BCUT2D eigenvalue weighted by Crippen LogP contribution is -2.57. The number of hydrogen-bond acceptors (Lipinski definition) is 2. The van der Waals surface area contributed by atoms with Gasteiger partial charge in [-0.3, -0.25) is 0 Å². The quantitative estimate of drug-likeness (QED) is 0.418. The van der Waals surface area contributed by atoms with Gasteiger partial charge >= 0.3 is 0 Å². The van der Waals surface area contributed by atoms with Gasteiger partial charge < -0.3 is 9.47 Å². The number of para-hydroxylation sites is 1. The molecule has 6 rings (SSSR count). The second kappa shape index (κ2) is 5.52. The van der Waals surface area contributed by atoms with Crippen molar-refractivity contribution in [3.05, 3.63) is 91.0 Å². The summed E-state index contributed by atoms with van der Waals surface area (Å²) in [5.74, 6) is 3.61. The largest absolute Gasteiger partial charge is 0.458 e. The molecule has 2 aliphatic rings. The Morgan fingerprint density at radius 2 is 1.15 bits per heavy atom. The van der Waals surface area contributed by atoms with Gasteiger partial charge in [0.1, 0.15) is 23.0 Å². The first kappa shape index (κ1) is 14.7. The van der Waals surface area contributed by atoms with Gasteiger partial charge in [0.15, 0.2) is 0 Å². The first-order valence-corrected chi connectivity index (χ1v) is 9.15. The van der Waals surface area contributed by atoms with Gasteiger partial charge in [0, 0.05) is 5.46 Å². The summed E-state index contributed by atoms with van der Waals surface area (Å²) in [5.41, 5.74) is 5.85. The molecular weight excluding hydrogens is 331 g/mol. The Morgan fingerprint density at radius 3 is 2.00 bits per heavy atom. The second-order valence-corrected chi connectivity index (χ2v) is 6.96. The molecule has 0 unspecified atom stereocenters. The van der Waals surface area contributed by atoms with E-state index in [9.17, 15) is 0 Å². The molecule has 3 heteroatoms. The molecule has 0 aliphatic carbocycles. The molecule has 2 heterocycles. The maximum absolute atomic E-state index is 6.32. The molecule has 0 saturated heterocycles. The number of ether oxygens (including phenoxy) is 2. The standard InChI is InChI=1S/C24H15BO2/c1-2-7-16(8-3-1)17-13-14-19-23(15-17)27-22-12-6-11-21-24(22)25(19)18-9-4-5-10-20(18)26-21/h1-15H. The smallest absolute Gasteiger partial charge is 0.260 e. The van der Waals surface area contributed by atoms with Gasteiger partial charge in [0.05, 0.1) is 0 Å². The van der Waals surface area contributed by atoms with Gasteiger partial charge in [-0.1, -0.05) is 66.7 Å². The molecule has 126 valence electrons. The fourth-order valence-corrected chi connectivity index (χ4v) is 4.19. The van der Waals surface area contributed by atoms with E-state index < -0.39 is 0 Å². The summed E-state index contributed by atoms with van der Waals surface area (Å²) in [6, 6.07) is 31.3. The Bertz CT molecular complexity index is 1180. The predicted octanol–water partition coefficient (Wildman–Crippen LogP) is 4.08. The summed E-state index contributed by atoms with van der Waals surface area (Å²) in [7, 11) is 0. The van der Waals surface area contributed by atoms with Crippen molar-refractivity contribution < 1.29 is 9.47 Å². The minimum atomic E-state index is 0.134. The Labute approximate surface area is 158 Å². The van der Waals surface area contributed by atoms with Crippen LogP contribution in [0.2, 0.25) is 0 Å². The average molecular weight is 346 g/mol. The number of benzene rings is 4. The van der Waals surface area contributed by atoms with Crippen LogP contribution in [0.25, 0.3) is 11.1 Å². The molecule has 0 amide bonds. The summed E-state index contributed by atoms with van der Waals surface area (Å²) in [6.45, 7) is 0.134. The van der Waals surface area contributed by atoms with E-state index in [-0.39, 0.29) is 6.71 Å². The first-order valence-electron chi connectivity index (χ1n) is 9.15. The molecule has 4 aromatic rings. The van der Waals surface area contributed by atoms with Gasteiger partial charge in [-0.25, -0.2) is 0 Å². The molecule has 0 atom stereocenters. The zero-order valence-corrected chi connectivity index (χ0v) is 14.6. The maximum atomic E-state index is 6.32. The van der Waals surface area contributed by atoms with Gasteiger partial charge in [-0.15, -0.1) is 0 Å². The molecule has 0 saturated carbocycles. The zero-order chi connectivity index (χ0) is 17.8. The van der Waals surface area contributed by atoms with Crippen LogP contribution < -0.4 is 25.9 Å². The first-order chi connectivity index (χ1) is 13.4. The third-order valence-corrected chi connectivity index (χ3v) is 5.42. The number of hydrogen-bond donors (Lipinski definition) is 0. The molecule has 0 spiro atoms. The Balaban J connectivity index is 1.58. The van der Waals surface area contributed by atoms with E-state index in [1.165, 1.54) is 16.5 Å². The minimum Gasteiger partial charge on any atom is -0.458 e. The third-order valence-electron chi connectivity index (χ3n) is 5.42. The van der Waals surface area contributed by atoms with Crippen LogP contribution >= 0.6 is 0 Å². The zero-order valence-electron chi connectivity index (χ0n) is 14.6. The Kier molecular flexibility index (Phi) is 3.00. The van der Waals surface area contributed by atoms with Crippen molar-refractivity contribution in [1.82, 2.24) is 0 Å². The van der Waals surface area contributed by atoms with E-state index in [4.69, 9.17) is 9.47 Å². The van der Waals surface area contributed by atoms with Crippen LogP contribution in [0.4, 0.5) is 0 Å². The summed E-state index contributed by atoms with van der Waals surface area (Å²) >= 11 is 0. The van der Waals surface area contributed by atoms with E-state index in [2.05, 4.69) is 54.6 Å². The molecule has 2 aliphatic heterocycles. The maximum Gasteiger partial charge on any atom is 0.260 e. The lowest BCUT2D eigenvalue weighted by molar-refractivity contribution is 0.464. The van der Waals surface area contributed by atoms with Crippen molar-refractivity contribution in [3.8, 4) is 34.1 Å². The van der Waals surface area contributed by atoms with Crippen molar-refractivity contribution in [2.24, 2.45) is 0 Å². The van der Waals surface area contributed by atoms with Crippen LogP contribution in [0.3, 0.4) is 0 Å². The summed E-state index contributed by atoms with van der Waals surface area (Å²) < 4.78 is 12.5. The highest BCUT2D eigenvalue weighted by atomic mass is 16.5. The minimum absolute atomic E-state index is 0.134. The number of rotatable bonds is 1. The monoisotopic (exact) mass is 346 g/mol. The van der Waals surface area contributed by atoms with Crippen LogP contribution in [0, 0.1) is 0 Å². The predicted molar refractivity (Wildman–Crippen MR) is 110 cm³/mol. The molecule has 0 bridgehead atoms. The highest BCUT2D eigenvalue weighted by Gasteiger charge is 2.39. The van der Waals surface area contributed by atoms with Crippen molar-refractivity contribution in [2.45, 2.75) is 0 Å². The summed E-state index contributed by atoms with van der Waals surface area (Å²) in [5, 5.41) is 0. The molecular formula is C24H15BO2. The lowest BCUT2D eigenvalue weighted by Gasteiger charge is -2.32. The van der Waals surface area contributed by atoms with E-state index in [0.717, 1.165) is 34.0 Å². The molecule has 0 radical (unpaired) electrons. The van der Waals surface area contributed by atoms with Crippen LogP contribution in [0.15, 0.2) is 91.0 Å². The van der Waals surface area contributed by atoms with E-state index >= 15 is 0 Å². The molecule has 2 nitrogen and oxygen atoms in total. The van der Waals surface area contributed by atoms with Gasteiger partial charge in [0.25, 0.3) is 6.71 Å². The fourth-order valence-electron chi connectivity index (χ4n) is 4.19. The van der Waals surface area contributed by atoms with Crippen LogP contribution in [0.1, 0.15) is 0 Å². The van der Waals surface area contributed by atoms with Crippen LogP contribution in [0.5, 0.6) is 23.0 Å². The SMILES string of the molecule is c1ccc(-c2ccc3c(c2)Oc2cccc4c2B3c2ccccc2O4)cc1. The topological polar surface area (TPSA) is 18.5 Å². The third kappa shape index (κ3) is 2.15. The second-order valence-electron chi connectivity index (χ2n) is 6.96. The van der Waals surface area contributed by atoms with Gasteiger partial charge in [-0.05, 0) is 46.3 Å². The van der Waals surface area contributed by atoms with Gasteiger partial charge in [-0.2, -0.15) is 0 Å². The van der Waals surface area contributed by atoms with Crippen molar-refractivity contribution >= 4 is 23.1 Å². The van der Waals surface area contributed by atoms with Crippen molar-refractivity contribution in [2.75, 3.05) is 0 Å². The lowest BCUT2D eigenvalue weighted by atomic mass is 9.35. The molecule has 4 aromatic carbocycles. The molecule has 0 aromatic heterocycles. The highest BCUT2D eigenvalue weighted by molar-refractivity contribution is 6.98. The van der Waals surface area contributed by atoms with Crippen molar-refractivity contribution in [3.63, 3.8) is 0 Å². The van der Waals surface area contributed by atoms with Crippen LogP contribution in [-0.4, -0.2) is 6.71 Å². The molecule has 0 N–H and O–H groups in total. The molecule has 27 heavy (non-hydrogen) atoms. The van der Waals surface area contributed by atoms with Crippen molar-refractivity contribution in [1.29, 1.82) is 0 Å². The summed E-state index contributed by atoms with van der Waals surface area (Å²) in [6.07, 6.45) is 0. The van der Waals surface area contributed by atoms with E-state index in [0.29, 0.717) is 0 Å².